The molecule has 0 aliphatic rings. The van der Waals surface area contributed by atoms with Crippen molar-refractivity contribution in [3.8, 4) is 0 Å². The average Bonchev–Trinajstić information content (AvgIpc) is 2.46. The number of hydrogen-bond donors (Lipinski definition) is 1. The van der Waals surface area contributed by atoms with Crippen LogP contribution in [0.1, 0.15) is 32.2 Å². The third-order valence-electron chi connectivity index (χ3n) is 3.20. The van der Waals surface area contributed by atoms with Gasteiger partial charge in [-0.05, 0) is 36.7 Å². The van der Waals surface area contributed by atoms with Crippen LogP contribution < -0.4 is 5.32 Å². The molecule has 0 saturated heterocycles. The Morgan fingerprint density at radius 1 is 1.00 bits per heavy atom. The number of rotatable bonds is 6. The molecule has 0 bridgehead atoms. The van der Waals surface area contributed by atoms with Crippen LogP contribution in [0.25, 0.3) is 0 Å². The fourth-order valence-corrected chi connectivity index (χ4v) is 2.12. The van der Waals surface area contributed by atoms with Crippen molar-refractivity contribution < 1.29 is 0 Å². The smallest absolute Gasteiger partial charge is 0.126 e. The minimum Gasteiger partial charge on any atom is -0.370 e. The number of hydrogen-bond acceptors (Lipinski definition) is 4. The molecule has 2 heterocycles. The van der Waals surface area contributed by atoms with E-state index >= 15 is 0 Å². The van der Waals surface area contributed by atoms with Gasteiger partial charge in [0.25, 0.3) is 0 Å². The van der Waals surface area contributed by atoms with Gasteiger partial charge in [0.05, 0.1) is 11.4 Å². The highest BCUT2D eigenvalue weighted by Gasteiger charge is 2.10. The Hall–Kier alpha value is -1.94. The molecule has 2 rings (SSSR count). The van der Waals surface area contributed by atoms with Crippen LogP contribution in [0.4, 0.5) is 5.82 Å². The van der Waals surface area contributed by atoms with Crippen LogP contribution in [0, 0.1) is 5.41 Å². The second-order valence-electron chi connectivity index (χ2n) is 6.92. The lowest BCUT2D eigenvalue weighted by atomic mass is 9.97. The van der Waals surface area contributed by atoms with Gasteiger partial charge in [0.2, 0.25) is 0 Å². The molecule has 0 amide bonds. The Bertz CT molecular complexity index is 575. The lowest BCUT2D eigenvalue weighted by molar-refractivity contribution is 0.311. The minimum absolute atomic E-state index is 0.244. The molecule has 0 unspecified atom stereocenters. The van der Waals surface area contributed by atoms with Crippen LogP contribution >= 0.6 is 0 Å². The Morgan fingerprint density at radius 2 is 1.73 bits per heavy atom. The molecular formula is C18H26N4. The molecule has 0 aliphatic heterocycles. The van der Waals surface area contributed by atoms with Gasteiger partial charge in [-0.2, -0.15) is 0 Å². The fraction of sp³-hybridized carbons (Fsp3) is 0.444. The highest BCUT2D eigenvalue weighted by atomic mass is 15.1. The van der Waals surface area contributed by atoms with E-state index in [-0.39, 0.29) is 5.41 Å². The largest absolute Gasteiger partial charge is 0.370 e. The van der Waals surface area contributed by atoms with E-state index in [1.165, 1.54) is 0 Å². The quantitative estimate of drug-likeness (QED) is 0.885. The highest BCUT2D eigenvalue weighted by molar-refractivity contribution is 5.35. The summed E-state index contributed by atoms with van der Waals surface area (Å²) < 4.78 is 0. The van der Waals surface area contributed by atoms with Crippen molar-refractivity contribution >= 4 is 5.82 Å². The minimum atomic E-state index is 0.244. The third-order valence-corrected chi connectivity index (χ3v) is 3.20. The molecule has 0 fully saturated rings. The van der Waals surface area contributed by atoms with E-state index in [0.29, 0.717) is 0 Å². The Morgan fingerprint density at radius 3 is 2.41 bits per heavy atom. The van der Waals surface area contributed by atoms with Crippen LogP contribution in [0.5, 0.6) is 0 Å². The van der Waals surface area contributed by atoms with Crippen LogP contribution in [0.3, 0.4) is 0 Å². The van der Waals surface area contributed by atoms with Gasteiger partial charge in [0, 0.05) is 25.8 Å². The van der Waals surface area contributed by atoms with E-state index in [0.717, 1.165) is 36.8 Å². The zero-order valence-electron chi connectivity index (χ0n) is 14.0. The molecule has 0 aromatic carbocycles. The maximum Gasteiger partial charge on any atom is 0.126 e. The number of anilines is 1. The second-order valence-corrected chi connectivity index (χ2v) is 6.92. The summed E-state index contributed by atoms with van der Waals surface area (Å²) in [6, 6.07) is 12.2. The number of nitrogens with zero attached hydrogens (tertiary/aromatic N) is 3. The van der Waals surface area contributed by atoms with Gasteiger partial charge in [0.1, 0.15) is 5.82 Å². The van der Waals surface area contributed by atoms with E-state index < -0.39 is 0 Å². The molecule has 0 saturated carbocycles. The Balaban J connectivity index is 1.92. The summed E-state index contributed by atoms with van der Waals surface area (Å²) >= 11 is 0. The van der Waals surface area contributed by atoms with E-state index in [1.54, 1.807) is 0 Å². The molecule has 1 N–H and O–H groups in total. The number of pyridine rings is 2. The lowest BCUT2D eigenvalue weighted by Gasteiger charge is -2.20. The maximum atomic E-state index is 4.68. The molecule has 0 radical (unpaired) electrons. The van der Waals surface area contributed by atoms with Crippen molar-refractivity contribution in [2.24, 2.45) is 5.41 Å². The van der Waals surface area contributed by atoms with E-state index in [9.17, 15) is 0 Å². The topological polar surface area (TPSA) is 41.1 Å². The van der Waals surface area contributed by atoms with Gasteiger partial charge in [0.15, 0.2) is 0 Å². The van der Waals surface area contributed by atoms with Gasteiger partial charge < -0.3 is 5.32 Å². The van der Waals surface area contributed by atoms with Crippen LogP contribution in [-0.4, -0.2) is 28.5 Å². The summed E-state index contributed by atoms with van der Waals surface area (Å²) in [4.78, 5) is 11.3. The Labute approximate surface area is 133 Å². The van der Waals surface area contributed by atoms with Crippen molar-refractivity contribution in [2.75, 3.05) is 18.9 Å². The van der Waals surface area contributed by atoms with E-state index in [4.69, 9.17) is 0 Å². The highest BCUT2D eigenvalue weighted by Crippen LogP contribution is 2.15. The molecule has 0 atom stereocenters. The summed E-state index contributed by atoms with van der Waals surface area (Å²) in [5.41, 5.74) is 2.39. The van der Waals surface area contributed by atoms with Crippen molar-refractivity contribution in [2.45, 2.75) is 33.9 Å². The number of nitrogens with one attached hydrogen (secondary N) is 1. The normalized spacial score (nSPS) is 11.7. The molecule has 118 valence electrons. The SMILES string of the molecule is CN(Cc1ccccn1)Cc1cccc(NCC(C)(C)C)n1. The summed E-state index contributed by atoms with van der Waals surface area (Å²) in [6.07, 6.45) is 1.83. The van der Waals surface area contributed by atoms with Gasteiger partial charge in [-0.25, -0.2) is 4.98 Å². The first-order chi connectivity index (χ1) is 10.4. The first-order valence-electron chi connectivity index (χ1n) is 7.71. The van der Waals surface area contributed by atoms with E-state index in [2.05, 4.69) is 60.1 Å². The molecule has 4 nitrogen and oxygen atoms in total. The average molecular weight is 298 g/mol. The fourth-order valence-electron chi connectivity index (χ4n) is 2.12. The van der Waals surface area contributed by atoms with Gasteiger partial charge >= 0.3 is 0 Å². The zero-order valence-corrected chi connectivity index (χ0v) is 14.0. The van der Waals surface area contributed by atoms with Crippen molar-refractivity contribution in [1.29, 1.82) is 0 Å². The lowest BCUT2D eigenvalue weighted by Crippen LogP contribution is -2.21. The van der Waals surface area contributed by atoms with Crippen LogP contribution in [0.2, 0.25) is 0 Å². The third kappa shape index (κ3) is 5.82. The second kappa shape index (κ2) is 7.36. The molecule has 2 aromatic rings. The Kier molecular flexibility index (Phi) is 5.50. The van der Waals surface area contributed by atoms with Gasteiger partial charge in [-0.1, -0.05) is 32.9 Å². The monoisotopic (exact) mass is 298 g/mol. The summed E-state index contributed by atoms with van der Waals surface area (Å²) in [6.45, 7) is 9.18. The van der Waals surface area contributed by atoms with Crippen molar-refractivity contribution in [3.63, 3.8) is 0 Å². The first-order valence-corrected chi connectivity index (χ1v) is 7.71. The van der Waals surface area contributed by atoms with E-state index in [1.807, 2.05) is 30.5 Å². The zero-order chi connectivity index (χ0) is 16.0. The maximum absolute atomic E-state index is 4.68. The van der Waals surface area contributed by atoms with Crippen LogP contribution in [-0.2, 0) is 13.1 Å². The van der Waals surface area contributed by atoms with Gasteiger partial charge in [-0.15, -0.1) is 0 Å². The molecular weight excluding hydrogens is 272 g/mol. The summed E-state index contributed by atoms with van der Waals surface area (Å²) in [5, 5.41) is 3.41. The first kappa shape index (κ1) is 16.4. The van der Waals surface area contributed by atoms with Crippen molar-refractivity contribution in [3.05, 3.63) is 54.0 Å². The summed E-state index contributed by atoms with van der Waals surface area (Å²) in [7, 11) is 2.09. The molecule has 2 aromatic heterocycles. The van der Waals surface area contributed by atoms with Crippen LogP contribution in [0.15, 0.2) is 42.6 Å². The molecule has 22 heavy (non-hydrogen) atoms. The number of aromatic nitrogens is 2. The molecule has 0 spiro atoms. The standard InChI is InChI=1S/C18H26N4/c1-18(2,3)14-20-17-10-7-9-16(21-17)13-22(4)12-15-8-5-6-11-19-15/h5-11H,12-14H2,1-4H3,(H,20,21). The predicted octanol–water partition coefficient (Wildman–Crippen LogP) is 3.57. The predicted molar refractivity (Wildman–Crippen MR) is 91.6 cm³/mol. The van der Waals surface area contributed by atoms with Crippen molar-refractivity contribution in [1.82, 2.24) is 14.9 Å². The van der Waals surface area contributed by atoms with Gasteiger partial charge in [-0.3, -0.25) is 9.88 Å². The molecule has 4 heteroatoms. The molecule has 0 aliphatic carbocycles. The summed E-state index contributed by atoms with van der Waals surface area (Å²) in [5.74, 6) is 0.943.